The van der Waals surface area contributed by atoms with E-state index in [-0.39, 0.29) is 11.6 Å². The van der Waals surface area contributed by atoms with Crippen LogP contribution in [-0.4, -0.2) is 31.7 Å². The lowest BCUT2D eigenvalue weighted by Gasteiger charge is -2.26. The highest BCUT2D eigenvalue weighted by molar-refractivity contribution is 5.80. The van der Waals surface area contributed by atoms with Gasteiger partial charge in [-0.1, -0.05) is 36.8 Å². The van der Waals surface area contributed by atoms with Crippen molar-refractivity contribution in [2.75, 3.05) is 6.54 Å². The van der Waals surface area contributed by atoms with Crippen molar-refractivity contribution in [3.05, 3.63) is 52.2 Å². The number of nitrogens with zero attached hydrogens (tertiary/aromatic N) is 4. The molecule has 1 aliphatic rings. The Kier molecular flexibility index (Phi) is 4.83. The summed E-state index contributed by atoms with van der Waals surface area (Å²) in [5.41, 5.74) is 0.904. The Hall–Kier alpha value is -2.37. The summed E-state index contributed by atoms with van der Waals surface area (Å²) in [4.78, 5) is 27.4. The van der Waals surface area contributed by atoms with Crippen LogP contribution in [0.3, 0.4) is 0 Å². The molecule has 3 rings (SSSR count). The summed E-state index contributed by atoms with van der Waals surface area (Å²) in [6, 6.07) is 9.52. The zero-order valence-electron chi connectivity index (χ0n) is 14.3. The Labute approximate surface area is 141 Å². The summed E-state index contributed by atoms with van der Waals surface area (Å²) in [7, 11) is 1.65. The molecule has 1 unspecified atom stereocenters. The molecule has 0 aliphatic carbocycles. The van der Waals surface area contributed by atoms with E-state index in [0.717, 1.165) is 30.7 Å². The Morgan fingerprint density at radius 1 is 1.29 bits per heavy atom. The molecule has 0 saturated heterocycles. The average Bonchev–Trinajstić information content (AvgIpc) is 2.77. The van der Waals surface area contributed by atoms with Crippen LogP contribution < -0.4 is 5.69 Å². The van der Waals surface area contributed by atoms with Gasteiger partial charge in [0.2, 0.25) is 5.91 Å². The molecule has 1 aromatic heterocycles. The van der Waals surface area contributed by atoms with Crippen LogP contribution in [0, 0.1) is 0 Å². The van der Waals surface area contributed by atoms with Crippen LogP contribution in [0.15, 0.2) is 35.1 Å². The molecule has 0 spiro atoms. The minimum Gasteiger partial charge on any atom is -0.337 e. The molecule has 0 saturated carbocycles. The summed E-state index contributed by atoms with van der Waals surface area (Å²) in [5.74, 6) is 0.744. The first-order chi connectivity index (χ1) is 11.6. The van der Waals surface area contributed by atoms with Gasteiger partial charge >= 0.3 is 5.69 Å². The molecule has 0 radical (unpaired) electrons. The Bertz CT molecular complexity index is 763. The van der Waals surface area contributed by atoms with E-state index in [4.69, 9.17) is 0 Å². The van der Waals surface area contributed by atoms with Crippen molar-refractivity contribution in [2.24, 2.45) is 7.05 Å². The summed E-state index contributed by atoms with van der Waals surface area (Å²) in [5, 5.41) is 4.31. The lowest BCUT2D eigenvalue weighted by molar-refractivity contribution is -0.135. The minimum atomic E-state index is -0.438. The third-order valence-corrected chi connectivity index (χ3v) is 4.66. The van der Waals surface area contributed by atoms with Crippen LogP contribution in [0.25, 0.3) is 0 Å². The third kappa shape index (κ3) is 3.13. The SMILES string of the molecule is CCN(Cc1ccccc1)C(=O)C1CCCCc2nn(C)c(=O)n21. The molecule has 6 nitrogen and oxygen atoms in total. The molecule has 0 N–H and O–H groups in total. The lowest BCUT2D eigenvalue weighted by atomic mass is 10.1. The van der Waals surface area contributed by atoms with Gasteiger partial charge in [-0.25, -0.2) is 9.48 Å². The summed E-state index contributed by atoms with van der Waals surface area (Å²) < 4.78 is 2.96. The monoisotopic (exact) mass is 328 g/mol. The number of fused-ring (bicyclic) bond motifs is 1. The van der Waals surface area contributed by atoms with Crippen LogP contribution >= 0.6 is 0 Å². The van der Waals surface area contributed by atoms with Crippen LogP contribution in [0.1, 0.15) is 43.6 Å². The lowest BCUT2D eigenvalue weighted by Crippen LogP contribution is -2.40. The number of aryl methyl sites for hydroxylation is 2. The van der Waals surface area contributed by atoms with Crippen molar-refractivity contribution in [2.45, 2.75) is 45.2 Å². The normalized spacial score (nSPS) is 17.2. The number of rotatable bonds is 4. The second-order valence-corrected chi connectivity index (χ2v) is 6.29. The van der Waals surface area contributed by atoms with E-state index in [2.05, 4.69) is 5.10 Å². The first kappa shape index (κ1) is 16.5. The first-order valence-corrected chi connectivity index (χ1v) is 8.59. The standard InChI is InChI=1S/C18H24N4O2/c1-3-21(13-14-9-5-4-6-10-14)17(23)15-11-7-8-12-16-19-20(2)18(24)22(15)16/h4-6,9-10,15H,3,7-8,11-13H2,1-2H3. The number of carbonyl (C=O) groups excluding carboxylic acids is 1. The maximum atomic E-state index is 13.1. The molecule has 6 heteroatoms. The smallest absolute Gasteiger partial charge is 0.337 e. The van der Waals surface area contributed by atoms with Crippen molar-refractivity contribution < 1.29 is 4.79 Å². The van der Waals surface area contributed by atoms with Crippen LogP contribution in [0.2, 0.25) is 0 Å². The zero-order chi connectivity index (χ0) is 17.1. The van der Waals surface area contributed by atoms with Gasteiger partial charge in [0.15, 0.2) is 0 Å². The highest BCUT2D eigenvalue weighted by Gasteiger charge is 2.31. The predicted octanol–water partition coefficient (Wildman–Crippen LogP) is 1.90. The number of hydrogen-bond acceptors (Lipinski definition) is 3. The van der Waals surface area contributed by atoms with Gasteiger partial charge < -0.3 is 4.90 Å². The van der Waals surface area contributed by atoms with E-state index in [1.165, 1.54) is 4.68 Å². The number of aromatic nitrogens is 3. The van der Waals surface area contributed by atoms with E-state index < -0.39 is 6.04 Å². The molecule has 2 heterocycles. The number of amides is 1. The van der Waals surface area contributed by atoms with Gasteiger partial charge in [0.1, 0.15) is 11.9 Å². The van der Waals surface area contributed by atoms with E-state index in [1.807, 2.05) is 42.2 Å². The zero-order valence-corrected chi connectivity index (χ0v) is 14.3. The first-order valence-electron chi connectivity index (χ1n) is 8.59. The number of carbonyl (C=O) groups is 1. The topological polar surface area (TPSA) is 60.1 Å². The summed E-state index contributed by atoms with van der Waals surface area (Å²) >= 11 is 0. The van der Waals surface area contributed by atoms with Gasteiger partial charge in [-0.05, 0) is 25.3 Å². The van der Waals surface area contributed by atoms with E-state index >= 15 is 0 Å². The van der Waals surface area contributed by atoms with E-state index in [0.29, 0.717) is 19.5 Å². The molecule has 128 valence electrons. The Morgan fingerprint density at radius 3 is 2.75 bits per heavy atom. The van der Waals surface area contributed by atoms with E-state index in [1.54, 1.807) is 11.6 Å². The third-order valence-electron chi connectivity index (χ3n) is 4.66. The quantitative estimate of drug-likeness (QED) is 0.861. The predicted molar refractivity (Wildman–Crippen MR) is 91.6 cm³/mol. The van der Waals surface area contributed by atoms with Gasteiger partial charge in [0.05, 0.1) is 0 Å². The molecule has 0 bridgehead atoms. The maximum Gasteiger partial charge on any atom is 0.346 e. The molecule has 24 heavy (non-hydrogen) atoms. The Balaban J connectivity index is 1.89. The highest BCUT2D eigenvalue weighted by atomic mass is 16.2. The molecule has 2 aromatic rings. The van der Waals surface area contributed by atoms with Crippen LogP contribution in [0.4, 0.5) is 0 Å². The molecular weight excluding hydrogens is 304 g/mol. The van der Waals surface area contributed by atoms with Crippen molar-refractivity contribution in [3.63, 3.8) is 0 Å². The summed E-state index contributed by atoms with van der Waals surface area (Å²) in [6.45, 7) is 3.16. The highest BCUT2D eigenvalue weighted by Crippen LogP contribution is 2.24. The van der Waals surface area contributed by atoms with Gasteiger partial charge in [-0.15, -0.1) is 0 Å². The van der Waals surface area contributed by atoms with Crippen LogP contribution in [-0.2, 0) is 24.8 Å². The summed E-state index contributed by atoms with van der Waals surface area (Å²) in [6.07, 6.45) is 3.35. The van der Waals surface area contributed by atoms with Crippen LogP contribution in [0.5, 0.6) is 0 Å². The molecular formula is C18H24N4O2. The van der Waals surface area contributed by atoms with Gasteiger partial charge in [-0.3, -0.25) is 9.36 Å². The second kappa shape index (κ2) is 7.03. The van der Waals surface area contributed by atoms with Crippen molar-refractivity contribution in [3.8, 4) is 0 Å². The molecule has 1 aliphatic heterocycles. The van der Waals surface area contributed by atoms with Gasteiger partial charge in [0.25, 0.3) is 0 Å². The fourth-order valence-electron chi connectivity index (χ4n) is 3.36. The maximum absolute atomic E-state index is 13.1. The fraction of sp³-hybridized carbons (Fsp3) is 0.500. The molecule has 1 aromatic carbocycles. The minimum absolute atomic E-state index is 0.0135. The van der Waals surface area contributed by atoms with Gasteiger partial charge in [0, 0.05) is 26.6 Å². The van der Waals surface area contributed by atoms with Gasteiger partial charge in [-0.2, -0.15) is 5.10 Å². The number of hydrogen-bond donors (Lipinski definition) is 0. The second-order valence-electron chi connectivity index (χ2n) is 6.29. The fourth-order valence-corrected chi connectivity index (χ4v) is 3.36. The van der Waals surface area contributed by atoms with Crippen molar-refractivity contribution in [1.82, 2.24) is 19.2 Å². The largest absolute Gasteiger partial charge is 0.346 e. The molecule has 1 amide bonds. The average molecular weight is 328 g/mol. The number of likely N-dealkylation sites (N-methyl/N-ethyl adjacent to an activating group) is 1. The number of benzene rings is 1. The molecule has 1 atom stereocenters. The Morgan fingerprint density at radius 2 is 2.04 bits per heavy atom. The van der Waals surface area contributed by atoms with Crippen molar-refractivity contribution >= 4 is 5.91 Å². The van der Waals surface area contributed by atoms with Crippen molar-refractivity contribution in [1.29, 1.82) is 0 Å². The molecule has 0 fully saturated rings. The van der Waals surface area contributed by atoms with E-state index in [9.17, 15) is 9.59 Å².